The number of carbonyl (C=O) groups excluding carboxylic acids is 2. The van der Waals surface area contributed by atoms with Crippen LogP contribution in [0.15, 0.2) is 4.42 Å². The number of hydrogen-bond donors (Lipinski definition) is 1. The van der Waals surface area contributed by atoms with Gasteiger partial charge in [-0.1, -0.05) is 0 Å². The molecule has 0 bridgehead atoms. The summed E-state index contributed by atoms with van der Waals surface area (Å²) in [5.74, 6) is -2.03. The number of aromatic nitrogens is 2. The van der Waals surface area contributed by atoms with Gasteiger partial charge in [-0.15, -0.1) is 10.2 Å². The number of carbonyl (C=O) groups is 2. The molecule has 1 aromatic heterocycles. The Morgan fingerprint density at radius 1 is 1.37 bits per heavy atom. The molecule has 0 fully saturated rings. The van der Waals surface area contributed by atoms with Crippen LogP contribution in [0, 0.1) is 0 Å². The number of esters is 2. The second-order valence-electron chi connectivity index (χ2n) is 4.68. The minimum atomic E-state index is -1.24. The first kappa shape index (κ1) is 15.1. The predicted molar refractivity (Wildman–Crippen MR) is 63.0 cm³/mol. The van der Waals surface area contributed by atoms with E-state index in [1.165, 1.54) is 0 Å². The number of nitrogens with two attached hydrogens (primary N) is 1. The molecule has 8 heteroatoms. The summed E-state index contributed by atoms with van der Waals surface area (Å²) in [4.78, 5) is 23.0. The van der Waals surface area contributed by atoms with E-state index in [4.69, 9.17) is 14.9 Å². The fourth-order valence-electron chi connectivity index (χ4n) is 1.10. The van der Waals surface area contributed by atoms with Crippen molar-refractivity contribution in [3.63, 3.8) is 0 Å². The molecule has 1 unspecified atom stereocenters. The van der Waals surface area contributed by atoms with Gasteiger partial charge in [0, 0.05) is 0 Å². The van der Waals surface area contributed by atoms with Crippen molar-refractivity contribution < 1.29 is 23.5 Å². The first-order valence-corrected chi connectivity index (χ1v) is 5.73. The van der Waals surface area contributed by atoms with Crippen molar-refractivity contribution in [2.75, 3.05) is 6.61 Å². The van der Waals surface area contributed by atoms with Gasteiger partial charge >= 0.3 is 17.8 Å². The maximum absolute atomic E-state index is 11.7. The number of rotatable bonds is 4. The predicted octanol–water partition coefficient (Wildman–Crippen LogP) is 0.588. The molecule has 1 heterocycles. The van der Waals surface area contributed by atoms with Crippen molar-refractivity contribution in [2.24, 2.45) is 5.73 Å². The Morgan fingerprint density at radius 2 is 2.00 bits per heavy atom. The molecular weight excluding hydrogens is 254 g/mol. The fraction of sp³-hybridized carbons (Fsp3) is 0.636. The summed E-state index contributed by atoms with van der Waals surface area (Å²) in [6.45, 7) is 6.93. The van der Waals surface area contributed by atoms with Crippen LogP contribution in [0.3, 0.4) is 0 Å². The van der Waals surface area contributed by atoms with E-state index in [9.17, 15) is 9.59 Å². The molecule has 1 aromatic rings. The Bertz CT molecular complexity index is 463. The van der Waals surface area contributed by atoms with Gasteiger partial charge in [0.25, 0.3) is 0 Å². The Balaban J connectivity index is 2.76. The fourth-order valence-corrected chi connectivity index (χ4v) is 1.10. The summed E-state index contributed by atoms with van der Waals surface area (Å²) in [6.07, 6.45) is 0. The molecule has 0 saturated carbocycles. The normalized spacial score (nSPS) is 12.9. The molecule has 0 aliphatic heterocycles. The molecule has 106 valence electrons. The van der Waals surface area contributed by atoms with E-state index >= 15 is 0 Å². The van der Waals surface area contributed by atoms with E-state index in [0.717, 1.165) is 0 Å². The van der Waals surface area contributed by atoms with Gasteiger partial charge in [0.05, 0.1) is 6.61 Å². The quantitative estimate of drug-likeness (QED) is 0.790. The van der Waals surface area contributed by atoms with Crippen LogP contribution in [0.1, 0.15) is 50.3 Å². The van der Waals surface area contributed by atoms with Crippen LogP contribution >= 0.6 is 0 Å². The van der Waals surface area contributed by atoms with Gasteiger partial charge in [-0.05, 0) is 27.7 Å². The van der Waals surface area contributed by atoms with Crippen molar-refractivity contribution in [2.45, 2.75) is 39.3 Å². The molecule has 1 rings (SSSR count). The van der Waals surface area contributed by atoms with E-state index in [0.29, 0.717) is 0 Å². The van der Waals surface area contributed by atoms with Crippen molar-refractivity contribution in [1.29, 1.82) is 0 Å². The molecular formula is C11H17N3O5. The molecule has 2 N–H and O–H groups in total. The van der Waals surface area contributed by atoms with E-state index in [1.807, 2.05) is 0 Å². The van der Waals surface area contributed by atoms with Crippen LogP contribution < -0.4 is 5.73 Å². The summed E-state index contributed by atoms with van der Waals surface area (Å²) in [5.41, 5.74) is 4.93. The zero-order valence-electron chi connectivity index (χ0n) is 11.3. The van der Waals surface area contributed by atoms with E-state index in [1.54, 1.807) is 27.7 Å². The Morgan fingerprint density at radius 3 is 2.53 bits per heavy atom. The zero-order valence-corrected chi connectivity index (χ0v) is 11.3. The van der Waals surface area contributed by atoms with Crippen molar-refractivity contribution in [1.82, 2.24) is 10.2 Å². The average molecular weight is 271 g/mol. The van der Waals surface area contributed by atoms with Crippen LogP contribution in [-0.2, 0) is 14.3 Å². The summed E-state index contributed by atoms with van der Waals surface area (Å²) in [6, 6.07) is -1.24. The Labute approximate surface area is 110 Å². The van der Waals surface area contributed by atoms with Crippen molar-refractivity contribution >= 4 is 11.9 Å². The molecule has 8 nitrogen and oxygen atoms in total. The molecule has 0 aromatic carbocycles. The third-order valence-corrected chi connectivity index (χ3v) is 1.82. The monoisotopic (exact) mass is 271 g/mol. The lowest BCUT2D eigenvalue weighted by Crippen LogP contribution is -2.31. The molecule has 0 aliphatic carbocycles. The Kier molecular flexibility index (Phi) is 4.60. The number of hydrogen-bond acceptors (Lipinski definition) is 8. The highest BCUT2D eigenvalue weighted by Gasteiger charge is 2.29. The summed E-state index contributed by atoms with van der Waals surface area (Å²) in [5, 5.41) is 6.98. The van der Waals surface area contributed by atoms with Gasteiger partial charge in [-0.25, -0.2) is 9.59 Å². The summed E-state index contributed by atoms with van der Waals surface area (Å²) >= 11 is 0. The van der Waals surface area contributed by atoms with Crippen LogP contribution in [0.5, 0.6) is 0 Å². The van der Waals surface area contributed by atoms with Crippen LogP contribution in [0.25, 0.3) is 0 Å². The number of ether oxygens (including phenoxy) is 2. The Hall–Kier alpha value is -1.96. The van der Waals surface area contributed by atoms with Crippen LogP contribution in [0.2, 0.25) is 0 Å². The van der Waals surface area contributed by atoms with Crippen molar-refractivity contribution in [3.8, 4) is 0 Å². The van der Waals surface area contributed by atoms with E-state index in [-0.39, 0.29) is 18.4 Å². The van der Waals surface area contributed by atoms with Gasteiger partial charge in [-0.2, -0.15) is 0 Å². The lowest BCUT2D eigenvalue weighted by molar-refractivity contribution is -0.157. The minimum Gasteiger partial charge on any atom is -0.459 e. The topological polar surface area (TPSA) is 118 Å². The second-order valence-corrected chi connectivity index (χ2v) is 4.68. The third-order valence-electron chi connectivity index (χ3n) is 1.82. The van der Waals surface area contributed by atoms with Crippen molar-refractivity contribution in [3.05, 3.63) is 11.8 Å². The van der Waals surface area contributed by atoms with E-state index in [2.05, 4.69) is 14.9 Å². The SMILES string of the molecule is CCOC(=O)c1nnc(C(N)C(=O)OC(C)(C)C)o1. The van der Waals surface area contributed by atoms with Gasteiger partial charge < -0.3 is 19.6 Å². The van der Waals surface area contributed by atoms with Gasteiger partial charge in [0.15, 0.2) is 6.04 Å². The summed E-state index contributed by atoms with van der Waals surface area (Å²) < 4.78 is 14.7. The van der Waals surface area contributed by atoms with Crippen LogP contribution in [0.4, 0.5) is 0 Å². The lowest BCUT2D eigenvalue weighted by Gasteiger charge is -2.20. The molecule has 19 heavy (non-hydrogen) atoms. The largest absolute Gasteiger partial charge is 0.459 e. The van der Waals surface area contributed by atoms with Gasteiger partial charge in [0.1, 0.15) is 5.60 Å². The van der Waals surface area contributed by atoms with Crippen LogP contribution in [-0.4, -0.2) is 34.3 Å². The first-order chi connectivity index (χ1) is 8.74. The highest BCUT2D eigenvalue weighted by atomic mass is 16.6. The summed E-state index contributed by atoms with van der Waals surface area (Å²) in [7, 11) is 0. The maximum Gasteiger partial charge on any atom is 0.396 e. The minimum absolute atomic E-state index is 0.175. The van der Waals surface area contributed by atoms with Gasteiger partial charge in [0.2, 0.25) is 5.89 Å². The molecule has 0 amide bonds. The standard InChI is InChI=1S/C11H17N3O5/c1-5-17-10(16)8-14-13-7(18-8)6(12)9(15)19-11(2,3)4/h6H,5,12H2,1-4H3. The first-order valence-electron chi connectivity index (χ1n) is 5.73. The zero-order chi connectivity index (χ0) is 14.6. The molecule has 0 aliphatic rings. The second kappa shape index (κ2) is 5.79. The smallest absolute Gasteiger partial charge is 0.396 e. The van der Waals surface area contributed by atoms with E-state index < -0.39 is 23.6 Å². The third kappa shape index (κ3) is 4.32. The number of nitrogens with zero attached hydrogens (tertiary/aromatic N) is 2. The molecule has 0 radical (unpaired) electrons. The van der Waals surface area contributed by atoms with Gasteiger partial charge in [-0.3, -0.25) is 0 Å². The lowest BCUT2D eigenvalue weighted by atomic mass is 10.2. The molecule has 1 atom stereocenters. The highest BCUT2D eigenvalue weighted by molar-refractivity contribution is 5.84. The maximum atomic E-state index is 11.7. The molecule has 0 saturated heterocycles. The average Bonchev–Trinajstić information content (AvgIpc) is 2.75. The highest BCUT2D eigenvalue weighted by Crippen LogP contribution is 2.15. The molecule has 0 spiro atoms.